The molecule has 0 heteroatoms. The van der Waals surface area contributed by atoms with Crippen LogP contribution in [0.15, 0.2) is 77.9 Å². The third-order valence-electron chi connectivity index (χ3n) is 7.31. The molecule has 1 fully saturated rings. The molecule has 0 radical (unpaired) electrons. The van der Waals surface area contributed by atoms with Gasteiger partial charge in [-0.2, -0.15) is 0 Å². The quantitative estimate of drug-likeness (QED) is 0.597. The summed E-state index contributed by atoms with van der Waals surface area (Å²) in [5.74, 6) is 3.67. The fourth-order valence-electron chi connectivity index (χ4n) is 6.50. The Morgan fingerprint density at radius 1 is 0.708 bits per heavy atom. The highest BCUT2D eigenvalue weighted by Crippen LogP contribution is 2.75. The largest absolute Gasteiger partial charge is 0.0839 e. The number of hydrogen-bond donors (Lipinski definition) is 0. The molecule has 2 aromatic carbocycles. The van der Waals surface area contributed by atoms with E-state index in [1.165, 1.54) is 6.42 Å². The molecule has 0 aliphatic heterocycles. The van der Waals surface area contributed by atoms with E-state index in [-0.39, 0.29) is 0 Å². The first-order valence-corrected chi connectivity index (χ1v) is 9.24. The van der Waals surface area contributed by atoms with Crippen LogP contribution < -0.4 is 0 Å². The Morgan fingerprint density at radius 3 is 2.33 bits per heavy atom. The second kappa shape index (κ2) is 3.83. The average molecular weight is 306 g/mol. The van der Waals surface area contributed by atoms with E-state index in [0.29, 0.717) is 5.92 Å². The van der Waals surface area contributed by atoms with Gasteiger partial charge in [-0.05, 0) is 63.1 Å². The fraction of sp³-hybridized carbons (Fsp3) is 0.250. The summed E-state index contributed by atoms with van der Waals surface area (Å²) in [5, 5.41) is 0. The molecular formula is C24H18. The zero-order valence-electron chi connectivity index (χ0n) is 13.4. The molecule has 0 spiro atoms. The molecule has 5 aliphatic rings. The first kappa shape index (κ1) is 12.1. The van der Waals surface area contributed by atoms with Gasteiger partial charge in [0.15, 0.2) is 0 Å². The van der Waals surface area contributed by atoms with E-state index in [9.17, 15) is 0 Å². The summed E-state index contributed by atoms with van der Waals surface area (Å²) in [6.07, 6.45) is 8.28. The molecule has 5 unspecified atom stereocenters. The van der Waals surface area contributed by atoms with Crippen LogP contribution >= 0.6 is 0 Å². The first-order chi connectivity index (χ1) is 11.9. The van der Waals surface area contributed by atoms with Crippen LogP contribution in [-0.4, -0.2) is 0 Å². The van der Waals surface area contributed by atoms with Crippen molar-refractivity contribution in [3.8, 4) is 0 Å². The van der Waals surface area contributed by atoms with Crippen molar-refractivity contribution >= 4 is 5.57 Å². The summed E-state index contributed by atoms with van der Waals surface area (Å²) < 4.78 is 0. The van der Waals surface area contributed by atoms with Crippen molar-refractivity contribution < 1.29 is 0 Å². The van der Waals surface area contributed by atoms with Gasteiger partial charge in [0.2, 0.25) is 0 Å². The van der Waals surface area contributed by atoms with Gasteiger partial charge in [-0.1, -0.05) is 66.8 Å². The van der Waals surface area contributed by atoms with Crippen LogP contribution in [0.5, 0.6) is 0 Å². The summed E-state index contributed by atoms with van der Waals surface area (Å²) in [4.78, 5) is 0. The normalized spacial score (nSPS) is 35.7. The van der Waals surface area contributed by atoms with Crippen LogP contribution in [0, 0.1) is 11.8 Å². The topological polar surface area (TPSA) is 0 Å². The molecule has 2 aromatic rings. The van der Waals surface area contributed by atoms with Gasteiger partial charge in [-0.25, -0.2) is 0 Å². The second-order valence-electron chi connectivity index (χ2n) is 7.99. The highest BCUT2D eigenvalue weighted by Gasteiger charge is 2.62. The van der Waals surface area contributed by atoms with Gasteiger partial charge in [-0.3, -0.25) is 0 Å². The Hall–Kier alpha value is -2.34. The molecule has 114 valence electrons. The van der Waals surface area contributed by atoms with Crippen LogP contribution in [0.25, 0.3) is 5.57 Å². The predicted octanol–water partition coefficient (Wildman–Crippen LogP) is 5.56. The van der Waals surface area contributed by atoms with Crippen molar-refractivity contribution in [1.29, 1.82) is 0 Å². The number of fused-ring (bicyclic) bond motifs is 14. The monoisotopic (exact) mass is 306 g/mol. The first-order valence-electron chi connectivity index (χ1n) is 9.24. The number of rotatable bonds is 0. The number of benzene rings is 2. The molecule has 0 heterocycles. The minimum atomic E-state index is 0.653. The van der Waals surface area contributed by atoms with Gasteiger partial charge >= 0.3 is 0 Å². The minimum Gasteiger partial charge on any atom is -0.0839 e. The Bertz CT molecular complexity index is 1020. The lowest BCUT2D eigenvalue weighted by atomic mass is 9.39. The maximum absolute atomic E-state index is 2.40. The van der Waals surface area contributed by atoms with Crippen molar-refractivity contribution in [3.05, 3.63) is 100 Å². The maximum Gasteiger partial charge on any atom is 0.0179 e. The van der Waals surface area contributed by atoms with Crippen molar-refractivity contribution in [1.82, 2.24) is 0 Å². The Kier molecular flexibility index (Phi) is 1.93. The predicted molar refractivity (Wildman–Crippen MR) is 96.8 cm³/mol. The van der Waals surface area contributed by atoms with E-state index >= 15 is 0 Å². The van der Waals surface area contributed by atoms with E-state index in [2.05, 4.69) is 66.8 Å². The summed E-state index contributed by atoms with van der Waals surface area (Å²) >= 11 is 0. The lowest BCUT2D eigenvalue weighted by Crippen LogP contribution is -2.51. The van der Waals surface area contributed by atoms with Gasteiger partial charge in [0.25, 0.3) is 0 Å². The number of allylic oxidation sites excluding steroid dienone is 6. The maximum atomic E-state index is 2.40. The van der Waals surface area contributed by atoms with E-state index in [0.717, 1.165) is 23.7 Å². The average Bonchev–Trinajstić information content (AvgIpc) is 2.62. The summed E-state index contributed by atoms with van der Waals surface area (Å²) in [6, 6.07) is 18.4. The van der Waals surface area contributed by atoms with Crippen molar-refractivity contribution in [2.24, 2.45) is 11.8 Å². The van der Waals surface area contributed by atoms with Crippen LogP contribution in [0.2, 0.25) is 0 Å². The molecule has 0 saturated heterocycles. The molecule has 0 bridgehead atoms. The Morgan fingerprint density at radius 2 is 1.46 bits per heavy atom. The highest BCUT2D eigenvalue weighted by atomic mass is 14.6. The van der Waals surface area contributed by atoms with Crippen molar-refractivity contribution in [2.75, 3.05) is 0 Å². The van der Waals surface area contributed by atoms with Crippen molar-refractivity contribution in [2.45, 2.75) is 24.2 Å². The minimum absolute atomic E-state index is 0.653. The molecule has 0 amide bonds. The summed E-state index contributed by atoms with van der Waals surface area (Å²) in [7, 11) is 0. The van der Waals surface area contributed by atoms with Crippen LogP contribution in [0.1, 0.15) is 46.4 Å². The van der Waals surface area contributed by atoms with E-state index in [4.69, 9.17) is 0 Å². The summed E-state index contributed by atoms with van der Waals surface area (Å²) in [5.41, 5.74) is 11.5. The fourth-order valence-corrected chi connectivity index (χ4v) is 6.50. The molecule has 1 saturated carbocycles. The Balaban J connectivity index is 1.53. The number of hydrogen-bond acceptors (Lipinski definition) is 0. The Labute approximate surface area is 142 Å². The lowest BCUT2D eigenvalue weighted by molar-refractivity contribution is 0.220. The molecule has 5 atom stereocenters. The van der Waals surface area contributed by atoms with Gasteiger partial charge in [-0.15, -0.1) is 0 Å². The molecule has 0 aromatic heterocycles. The van der Waals surface area contributed by atoms with E-state index < -0.39 is 0 Å². The molecule has 0 nitrogen and oxygen atoms in total. The molecule has 24 heavy (non-hydrogen) atoms. The van der Waals surface area contributed by atoms with Crippen LogP contribution in [-0.2, 0) is 0 Å². The smallest absolute Gasteiger partial charge is 0.0179 e. The zero-order valence-corrected chi connectivity index (χ0v) is 13.4. The summed E-state index contributed by atoms with van der Waals surface area (Å²) in [6.45, 7) is 0. The third kappa shape index (κ3) is 1.11. The SMILES string of the molecule is C1=CCC2C(=C1)C1=C3c4ccccc4C3C3c4ccccc4C3C12. The van der Waals surface area contributed by atoms with Gasteiger partial charge < -0.3 is 0 Å². The lowest BCUT2D eigenvalue weighted by Gasteiger charge is -2.64. The van der Waals surface area contributed by atoms with Gasteiger partial charge in [0, 0.05) is 11.8 Å². The van der Waals surface area contributed by atoms with Gasteiger partial charge in [0.1, 0.15) is 0 Å². The third-order valence-corrected chi connectivity index (χ3v) is 7.31. The standard InChI is InChI=1S/C24H18/c1-2-8-14-13(7-1)19-20(14)22-17-11-5-6-12-18(17)24(22)23-16-10-4-3-9-15(16)21(19)23/h1-11,18-19,21,23-24H,12H2. The van der Waals surface area contributed by atoms with Gasteiger partial charge in [0.05, 0.1) is 0 Å². The van der Waals surface area contributed by atoms with Crippen LogP contribution in [0.3, 0.4) is 0 Å². The highest BCUT2D eigenvalue weighted by molar-refractivity contribution is 5.93. The molecule has 7 rings (SSSR count). The molecular weight excluding hydrogens is 288 g/mol. The van der Waals surface area contributed by atoms with E-state index in [1.807, 2.05) is 0 Å². The zero-order chi connectivity index (χ0) is 15.4. The molecule has 0 N–H and O–H groups in total. The second-order valence-corrected chi connectivity index (χ2v) is 7.99. The van der Waals surface area contributed by atoms with E-state index in [1.54, 1.807) is 39.0 Å². The van der Waals surface area contributed by atoms with Crippen LogP contribution in [0.4, 0.5) is 0 Å². The molecule has 5 aliphatic carbocycles. The van der Waals surface area contributed by atoms with Crippen molar-refractivity contribution in [3.63, 3.8) is 0 Å².